The Kier molecular flexibility index (Phi) is 6.03. The van der Waals surface area contributed by atoms with Gasteiger partial charge < -0.3 is 0 Å². The number of nitrogens with zero attached hydrogens (tertiary/aromatic N) is 3. The fourth-order valence-electron chi connectivity index (χ4n) is 3.39. The summed E-state index contributed by atoms with van der Waals surface area (Å²) in [5.41, 5.74) is 5.31. The summed E-state index contributed by atoms with van der Waals surface area (Å²) >= 11 is 1.69. The van der Waals surface area contributed by atoms with Crippen LogP contribution < -0.4 is 0 Å². The number of aryl methyl sites for hydroxylation is 3. The van der Waals surface area contributed by atoms with Gasteiger partial charge in [0.1, 0.15) is 0 Å². The van der Waals surface area contributed by atoms with E-state index in [1.165, 1.54) is 5.56 Å². The van der Waals surface area contributed by atoms with E-state index in [0.29, 0.717) is 10.7 Å². The van der Waals surface area contributed by atoms with Crippen LogP contribution in [0.1, 0.15) is 23.1 Å². The van der Waals surface area contributed by atoms with Crippen LogP contribution in [-0.4, -0.2) is 20.4 Å². The summed E-state index contributed by atoms with van der Waals surface area (Å²) in [6, 6.07) is 19.9. The first kappa shape index (κ1) is 21.4. The van der Waals surface area contributed by atoms with Crippen molar-refractivity contribution in [1.82, 2.24) is 9.97 Å². The Hall–Kier alpha value is -2.83. The average molecular weight is 448 g/mol. The van der Waals surface area contributed by atoms with Gasteiger partial charge in [-0.2, -0.15) is 4.36 Å². The summed E-state index contributed by atoms with van der Waals surface area (Å²) in [4.78, 5) is 11.1. The second-order valence-electron chi connectivity index (χ2n) is 7.62. The van der Waals surface area contributed by atoms with Gasteiger partial charge in [0.25, 0.3) is 0 Å². The number of hydrogen-bond acceptors (Lipinski definition) is 5. The highest BCUT2D eigenvalue weighted by Crippen LogP contribution is 2.38. The number of benzene rings is 2. The monoisotopic (exact) mass is 447 g/mol. The van der Waals surface area contributed by atoms with Gasteiger partial charge in [-0.25, -0.2) is 14.2 Å². The van der Waals surface area contributed by atoms with E-state index in [0.717, 1.165) is 38.7 Å². The molecule has 158 valence electrons. The van der Waals surface area contributed by atoms with E-state index in [9.17, 15) is 4.21 Å². The SMILES string of the molecule is CCc1nc(-c2cccc(C)c2)c(-c2ccnc(N=S(C)(=O)c3cccc(C)c3)c2)s1. The van der Waals surface area contributed by atoms with Gasteiger partial charge in [0.05, 0.1) is 25.3 Å². The Bertz CT molecular complexity index is 1360. The molecule has 2 aromatic carbocycles. The average Bonchev–Trinajstić information content (AvgIpc) is 3.18. The first-order valence-electron chi connectivity index (χ1n) is 10.2. The highest BCUT2D eigenvalue weighted by Gasteiger charge is 2.16. The van der Waals surface area contributed by atoms with E-state index in [2.05, 4.69) is 47.5 Å². The Balaban J connectivity index is 1.81. The molecular formula is C25H25N3OS2. The molecule has 1 atom stereocenters. The molecule has 0 aliphatic carbocycles. The number of rotatable bonds is 5. The van der Waals surface area contributed by atoms with E-state index >= 15 is 0 Å². The molecule has 4 rings (SSSR count). The lowest BCUT2D eigenvalue weighted by molar-refractivity contribution is 0.680. The molecule has 0 aliphatic rings. The minimum atomic E-state index is -2.60. The van der Waals surface area contributed by atoms with Crippen molar-refractivity contribution in [2.45, 2.75) is 32.1 Å². The number of thiazole rings is 1. The molecule has 31 heavy (non-hydrogen) atoms. The maximum absolute atomic E-state index is 13.3. The summed E-state index contributed by atoms with van der Waals surface area (Å²) in [5, 5.41) is 1.08. The summed E-state index contributed by atoms with van der Waals surface area (Å²) < 4.78 is 17.8. The second-order valence-corrected chi connectivity index (χ2v) is 11.0. The van der Waals surface area contributed by atoms with Crippen molar-refractivity contribution in [2.75, 3.05) is 6.26 Å². The second kappa shape index (κ2) is 8.73. The van der Waals surface area contributed by atoms with Crippen LogP contribution in [0.15, 0.2) is 76.1 Å². The van der Waals surface area contributed by atoms with Crippen molar-refractivity contribution in [3.8, 4) is 21.7 Å². The highest BCUT2D eigenvalue weighted by molar-refractivity contribution is 7.93. The molecule has 0 radical (unpaired) electrons. The first-order chi connectivity index (χ1) is 14.9. The van der Waals surface area contributed by atoms with Crippen LogP contribution in [0.25, 0.3) is 21.7 Å². The predicted molar refractivity (Wildman–Crippen MR) is 130 cm³/mol. The Morgan fingerprint density at radius 1 is 0.968 bits per heavy atom. The lowest BCUT2D eigenvalue weighted by atomic mass is 10.1. The summed E-state index contributed by atoms with van der Waals surface area (Å²) in [6.07, 6.45) is 4.27. The van der Waals surface area contributed by atoms with E-state index in [4.69, 9.17) is 4.98 Å². The maximum atomic E-state index is 13.3. The Labute approximate surface area is 188 Å². The van der Waals surface area contributed by atoms with Crippen molar-refractivity contribution < 1.29 is 4.21 Å². The maximum Gasteiger partial charge on any atom is 0.162 e. The molecule has 2 heterocycles. The van der Waals surface area contributed by atoms with Gasteiger partial charge in [-0.3, -0.25) is 0 Å². The molecule has 4 aromatic rings. The van der Waals surface area contributed by atoms with Crippen molar-refractivity contribution in [1.29, 1.82) is 0 Å². The Morgan fingerprint density at radius 3 is 2.42 bits per heavy atom. The van der Waals surface area contributed by atoms with Gasteiger partial charge in [-0.1, -0.05) is 42.8 Å². The van der Waals surface area contributed by atoms with E-state index in [-0.39, 0.29) is 0 Å². The minimum Gasteiger partial charge on any atom is -0.245 e. The highest BCUT2D eigenvalue weighted by atomic mass is 32.2. The van der Waals surface area contributed by atoms with E-state index in [1.54, 1.807) is 23.8 Å². The summed E-state index contributed by atoms with van der Waals surface area (Å²) in [6.45, 7) is 6.19. The topological polar surface area (TPSA) is 55.2 Å². The largest absolute Gasteiger partial charge is 0.245 e. The molecule has 6 heteroatoms. The standard InChI is InChI=1S/C25H25N3OS2/c1-5-23-27-24(19-10-6-8-17(2)14-19)25(30-23)20-12-13-26-22(16-20)28-31(4,29)21-11-7-9-18(3)15-21/h6-16H,5H2,1-4H3. The fourth-order valence-corrected chi connectivity index (χ4v) is 5.71. The first-order valence-corrected chi connectivity index (χ1v) is 12.9. The number of hydrogen-bond donors (Lipinski definition) is 0. The van der Waals surface area contributed by atoms with Gasteiger partial charge in [-0.05, 0) is 61.7 Å². The van der Waals surface area contributed by atoms with Crippen LogP contribution >= 0.6 is 11.3 Å². The van der Waals surface area contributed by atoms with Crippen LogP contribution in [0.3, 0.4) is 0 Å². The number of aromatic nitrogens is 2. The summed E-state index contributed by atoms with van der Waals surface area (Å²) in [5.74, 6) is 0.466. The Morgan fingerprint density at radius 2 is 1.71 bits per heavy atom. The zero-order chi connectivity index (χ0) is 22.0. The molecule has 0 N–H and O–H groups in total. The van der Waals surface area contributed by atoms with Crippen LogP contribution in [-0.2, 0) is 16.1 Å². The fraction of sp³-hybridized carbons (Fsp3) is 0.200. The minimum absolute atomic E-state index is 0.466. The van der Waals surface area contributed by atoms with E-state index < -0.39 is 9.73 Å². The smallest absolute Gasteiger partial charge is 0.162 e. The van der Waals surface area contributed by atoms with Gasteiger partial charge in [0, 0.05) is 22.9 Å². The van der Waals surface area contributed by atoms with Crippen LogP contribution in [0.4, 0.5) is 5.82 Å². The van der Waals surface area contributed by atoms with Crippen LogP contribution in [0, 0.1) is 13.8 Å². The molecule has 4 nitrogen and oxygen atoms in total. The molecule has 0 amide bonds. The third kappa shape index (κ3) is 4.75. The molecular weight excluding hydrogens is 422 g/mol. The molecule has 0 bridgehead atoms. The van der Waals surface area contributed by atoms with Gasteiger partial charge in [0.2, 0.25) is 0 Å². The molecule has 0 saturated carbocycles. The third-order valence-electron chi connectivity index (χ3n) is 4.97. The quantitative estimate of drug-likeness (QED) is 0.336. The normalized spacial score (nSPS) is 13.0. The van der Waals surface area contributed by atoms with Crippen LogP contribution in [0.5, 0.6) is 0 Å². The zero-order valence-corrected chi connectivity index (χ0v) is 19.8. The third-order valence-corrected chi connectivity index (χ3v) is 7.88. The number of pyridine rings is 1. The van der Waals surface area contributed by atoms with Crippen molar-refractivity contribution in [2.24, 2.45) is 4.36 Å². The molecule has 1 unspecified atom stereocenters. The summed E-state index contributed by atoms with van der Waals surface area (Å²) in [7, 11) is -2.60. The van der Waals surface area contributed by atoms with Gasteiger partial charge >= 0.3 is 0 Å². The van der Waals surface area contributed by atoms with E-state index in [1.807, 2.05) is 43.3 Å². The lowest BCUT2D eigenvalue weighted by Crippen LogP contribution is -1.97. The van der Waals surface area contributed by atoms with Gasteiger partial charge in [0.15, 0.2) is 5.82 Å². The molecule has 0 saturated heterocycles. The predicted octanol–water partition coefficient (Wildman–Crippen LogP) is 6.84. The van der Waals surface area contributed by atoms with Crippen LogP contribution in [0.2, 0.25) is 0 Å². The van der Waals surface area contributed by atoms with Crippen molar-refractivity contribution >= 4 is 26.9 Å². The molecule has 2 aromatic heterocycles. The van der Waals surface area contributed by atoms with Crippen molar-refractivity contribution in [3.05, 3.63) is 83.0 Å². The molecule has 0 fully saturated rings. The zero-order valence-electron chi connectivity index (χ0n) is 18.1. The van der Waals surface area contributed by atoms with Gasteiger partial charge in [-0.15, -0.1) is 11.3 Å². The molecule has 0 aliphatic heterocycles. The lowest BCUT2D eigenvalue weighted by Gasteiger charge is -2.07. The van der Waals surface area contributed by atoms with Crippen molar-refractivity contribution in [3.63, 3.8) is 0 Å². The molecule has 0 spiro atoms.